The van der Waals surface area contributed by atoms with E-state index in [1.165, 1.54) is 11.4 Å². The van der Waals surface area contributed by atoms with Gasteiger partial charge in [0.15, 0.2) is 5.69 Å². The van der Waals surface area contributed by atoms with E-state index in [4.69, 9.17) is 0 Å². The van der Waals surface area contributed by atoms with E-state index in [9.17, 15) is 41.4 Å². The van der Waals surface area contributed by atoms with Crippen molar-refractivity contribution in [1.29, 1.82) is 0 Å². The summed E-state index contributed by atoms with van der Waals surface area (Å²) in [5.41, 5.74) is -4.83. The van der Waals surface area contributed by atoms with Crippen molar-refractivity contribution >= 4 is 38.4 Å². The van der Waals surface area contributed by atoms with Crippen molar-refractivity contribution < 1.29 is 31.9 Å². The summed E-state index contributed by atoms with van der Waals surface area (Å²) in [5.74, 6) is -3.42. The molecule has 3 aromatic heterocycles. The van der Waals surface area contributed by atoms with Crippen LogP contribution in [0.1, 0.15) is 21.6 Å². The lowest BCUT2D eigenvalue weighted by molar-refractivity contribution is -0.137. The highest BCUT2D eigenvalue weighted by Gasteiger charge is 2.33. The van der Waals surface area contributed by atoms with Gasteiger partial charge in [-0.25, -0.2) is 22.9 Å². The van der Waals surface area contributed by atoms with Crippen LogP contribution >= 0.6 is 11.3 Å². The Morgan fingerprint density at radius 1 is 1.06 bits per heavy atom. The van der Waals surface area contributed by atoms with Crippen LogP contribution in [0.5, 0.6) is 0 Å². The first kappa shape index (κ1) is 23.5. The summed E-state index contributed by atoms with van der Waals surface area (Å²) < 4.78 is 70.2. The third-order valence-corrected chi connectivity index (χ3v) is 6.54. The molecule has 0 aliphatic carbocycles. The summed E-state index contributed by atoms with van der Waals surface area (Å²) in [6.07, 6.45) is -4.83. The Morgan fingerprint density at radius 3 is 2.50 bits per heavy atom. The number of aromatic amines is 1. The van der Waals surface area contributed by atoms with E-state index < -0.39 is 58.5 Å². The maximum Gasteiger partial charge on any atom is 0.416 e. The smallest absolute Gasteiger partial charge is 0.416 e. The molecule has 0 aliphatic heterocycles. The van der Waals surface area contributed by atoms with Crippen molar-refractivity contribution in [2.45, 2.75) is 12.7 Å². The van der Waals surface area contributed by atoms with Crippen LogP contribution in [0.2, 0.25) is 0 Å². The van der Waals surface area contributed by atoms with Gasteiger partial charge >= 0.3 is 17.8 Å². The fourth-order valence-corrected chi connectivity index (χ4v) is 4.88. The molecular formula is C23H12F5N3O4S. The molecule has 36 heavy (non-hydrogen) atoms. The molecule has 0 bridgehead atoms. The molecule has 0 saturated carbocycles. The number of fused-ring (bicyclic) bond motifs is 2. The minimum absolute atomic E-state index is 0.0370. The van der Waals surface area contributed by atoms with Gasteiger partial charge < -0.3 is 14.7 Å². The molecule has 2 N–H and O–H groups in total. The predicted octanol–water partition coefficient (Wildman–Crippen LogP) is 4.74. The van der Waals surface area contributed by atoms with Crippen LogP contribution in [0.25, 0.3) is 26.8 Å². The molecule has 2 aromatic carbocycles. The Labute approximate surface area is 200 Å². The number of hydrogen-bond donors (Lipinski definition) is 2. The highest BCUT2D eigenvalue weighted by molar-refractivity contribution is 7.17. The zero-order chi connectivity index (χ0) is 25.9. The molecule has 0 aliphatic rings. The second-order valence-electron chi connectivity index (χ2n) is 7.79. The van der Waals surface area contributed by atoms with Gasteiger partial charge in [0.25, 0.3) is 5.56 Å². The maximum atomic E-state index is 14.4. The molecule has 0 amide bonds. The van der Waals surface area contributed by atoms with Gasteiger partial charge in [0.05, 0.1) is 28.8 Å². The second kappa shape index (κ2) is 8.16. The molecule has 5 aromatic rings. The number of carbonyl (C=O) groups is 1. The van der Waals surface area contributed by atoms with Gasteiger partial charge in [0.2, 0.25) is 0 Å². The van der Waals surface area contributed by atoms with Crippen LogP contribution in [0.4, 0.5) is 22.0 Å². The number of aromatic nitrogens is 3. The number of H-pyrrole nitrogens is 1. The van der Waals surface area contributed by atoms with Crippen LogP contribution in [-0.2, 0) is 12.7 Å². The number of thiophene rings is 1. The third kappa shape index (κ3) is 3.68. The first-order valence-electron chi connectivity index (χ1n) is 10.1. The van der Waals surface area contributed by atoms with Crippen LogP contribution in [0.15, 0.2) is 57.4 Å². The van der Waals surface area contributed by atoms with Crippen LogP contribution < -0.4 is 11.2 Å². The van der Waals surface area contributed by atoms with Crippen molar-refractivity contribution in [1.82, 2.24) is 14.1 Å². The Balaban J connectivity index is 1.94. The van der Waals surface area contributed by atoms with E-state index in [1.807, 2.05) is 0 Å². The van der Waals surface area contributed by atoms with Crippen molar-refractivity contribution in [2.75, 3.05) is 0 Å². The van der Waals surface area contributed by atoms with Gasteiger partial charge in [-0.1, -0.05) is 0 Å². The molecule has 13 heteroatoms. The highest BCUT2D eigenvalue weighted by Crippen LogP contribution is 2.36. The number of nitrogens with zero attached hydrogens (tertiary/aromatic N) is 2. The van der Waals surface area contributed by atoms with Gasteiger partial charge in [-0.3, -0.25) is 4.79 Å². The summed E-state index contributed by atoms with van der Waals surface area (Å²) in [6, 6.07) is 6.18. The lowest BCUT2D eigenvalue weighted by Gasteiger charge is -2.11. The molecular weight excluding hydrogens is 509 g/mol. The summed E-state index contributed by atoms with van der Waals surface area (Å²) in [5, 5.41) is 11.2. The quantitative estimate of drug-likeness (QED) is 0.334. The summed E-state index contributed by atoms with van der Waals surface area (Å²) in [6.45, 7) is -0.610. The third-order valence-electron chi connectivity index (χ3n) is 5.63. The molecule has 184 valence electrons. The molecule has 0 unspecified atom stereocenters. The maximum absolute atomic E-state index is 14.4. The fraction of sp³-hybridized carbons (Fsp3) is 0.0870. The van der Waals surface area contributed by atoms with Crippen molar-refractivity contribution in [2.24, 2.45) is 0 Å². The first-order valence-corrected chi connectivity index (χ1v) is 11.0. The zero-order valence-electron chi connectivity index (χ0n) is 17.7. The van der Waals surface area contributed by atoms with Crippen LogP contribution in [0.3, 0.4) is 0 Å². The average molecular weight is 521 g/mol. The van der Waals surface area contributed by atoms with Gasteiger partial charge in [-0.05, 0) is 47.8 Å². The van der Waals surface area contributed by atoms with Crippen LogP contribution in [-0.4, -0.2) is 25.2 Å². The predicted molar refractivity (Wildman–Crippen MR) is 121 cm³/mol. The van der Waals surface area contributed by atoms with Crippen molar-refractivity contribution in [3.05, 3.63) is 97.1 Å². The molecule has 0 fully saturated rings. The van der Waals surface area contributed by atoms with Crippen molar-refractivity contribution in [3.8, 4) is 5.69 Å². The normalized spacial score (nSPS) is 12.0. The zero-order valence-corrected chi connectivity index (χ0v) is 18.5. The van der Waals surface area contributed by atoms with Gasteiger partial charge in [-0.2, -0.15) is 13.2 Å². The number of halogens is 5. The van der Waals surface area contributed by atoms with E-state index in [2.05, 4.69) is 4.98 Å². The van der Waals surface area contributed by atoms with Gasteiger partial charge in [0, 0.05) is 10.9 Å². The Morgan fingerprint density at radius 2 is 1.81 bits per heavy atom. The summed E-state index contributed by atoms with van der Waals surface area (Å²) >= 11 is 0.943. The molecule has 0 spiro atoms. The van der Waals surface area contributed by atoms with Crippen LogP contribution in [0, 0.1) is 11.6 Å². The number of alkyl halides is 3. The number of hydrogen-bond acceptors (Lipinski definition) is 4. The molecule has 0 saturated heterocycles. The van der Waals surface area contributed by atoms with Gasteiger partial charge in [0.1, 0.15) is 16.3 Å². The van der Waals surface area contributed by atoms with E-state index >= 15 is 0 Å². The minimum atomic E-state index is -4.83. The second-order valence-corrected chi connectivity index (χ2v) is 8.70. The number of rotatable bonds is 4. The largest absolute Gasteiger partial charge is 0.477 e. The molecule has 5 rings (SSSR count). The lowest BCUT2D eigenvalue weighted by Crippen LogP contribution is -2.34. The van der Waals surface area contributed by atoms with E-state index in [-0.39, 0.29) is 26.7 Å². The molecule has 0 radical (unpaired) electrons. The van der Waals surface area contributed by atoms with E-state index in [1.54, 1.807) is 0 Å². The van der Waals surface area contributed by atoms with Crippen molar-refractivity contribution in [3.63, 3.8) is 0 Å². The monoisotopic (exact) mass is 521 g/mol. The minimum Gasteiger partial charge on any atom is -0.477 e. The number of carboxylic acid groups (broad SMARTS) is 1. The first-order chi connectivity index (χ1) is 17.0. The Hall–Kier alpha value is -4.26. The lowest BCUT2D eigenvalue weighted by atomic mass is 10.1. The average Bonchev–Trinajstić information content (AvgIpc) is 3.38. The SMILES string of the molecule is O=C(O)c1c(-n2c(=O)[nH]c3ccsc3c2=O)c2cc(C(F)(F)F)ccc2n1Cc1cc(F)ccc1F. The summed E-state index contributed by atoms with van der Waals surface area (Å²) in [4.78, 5) is 40.9. The molecule has 7 nitrogen and oxygen atoms in total. The fourth-order valence-electron chi connectivity index (χ4n) is 4.10. The number of aromatic carboxylic acids is 1. The Kier molecular flexibility index (Phi) is 5.32. The van der Waals surface area contributed by atoms with E-state index in [0.29, 0.717) is 16.7 Å². The topological polar surface area (TPSA) is 97.1 Å². The number of benzene rings is 2. The highest BCUT2D eigenvalue weighted by atomic mass is 32.1. The van der Waals surface area contributed by atoms with E-state index in [0.717, 1.165) is 40.2 Å². The summed E-state index contributed by atoms with van der Waals surface area (Å²) in [7, 11) is 0. The number of carboxylic acids is 1. The van der Waals surface area contributed by atoms with Gasteiger partial charge in [-0.15, -0.1) is 11.3 Å². The molecule has 0 atom stereocenters. The molecule has 3 heterocycles. The number of nitrogens with one attached hydrogen (secondary N) is 1. The standard InChI is InChI=1S/C23H12F5N3O4S/c24-12-2-3-14(25)10(7-12)9-30-16-4-1-11(23(26,27)28)8-13(16)17(18(30)21(33)34)31-20(32)19-15(5-6-36-19)29-22(31)35/h1-8H,9H2,(H,29,35)(H,33,34). The Bertz CT molecular complexity index is 1810.